The minimum absolute atomic E-state index is 0.00783. The van der Waals surface area contributed by atoms with Gasteiger partial charge < -0.3 is 18.8 Å². The molecule has 0 aliphatic rings. The van der Waals surface area contributed by atoms with Crippen LogP contribution in [0.1, 0.15) is 16.1 Å². The number of hydrogen-bond acceptors (Lipinski definition) is 4. The van der Waals surface area contributed by atoms with Gasteiger partial charge >= 0.3 is 5.97 Å². The first-order valence-corrected chi connectivity index (χ1v) is 9.58. The third kappa shape index (κ3) is 2.93. The van der Waals surface area contributed by atoms with Crippen LogP contribution in [-0.2, 0) is 6.54 Å². The van der Waals surface area contributed by atoms with Crippen LogP contribution in [0.5, 0.6) is 5.88 Å². The standard InChI is InChI=1S/C24H17FN2O4/c1-30-23-16(6-4-11-26-23)19-20-18(9-8-14-10-12-31-22(14)20)27(21(19)24(28)29)13-15-5-2-3-7-17(15)25/h2-12H,13H2,1H3,(H,28,29). The van der Waals surface area contributed by atoms with Gasteiger partial charge in [0, 0.05) is 28.3 Å². The summed E-state index contributed by atoms with van der Waals surface area (Å²) in [5, 5.41) is 11.7. The lowest BCUT2D eigenvalue weighted by atomic mass is 10.0. The molecule has 0 spiro atoms. The number of carboxylic acids is 1. The number of carbonyl (C=O) groups is 1. The van der Waals surface area contributed by atoms with E-state index in [9.17, 15) is 14.3 Å². The van der Waals surface area contributed by atoms with E-state index in [0.29, 0.717) is 39.1 Å². The van der Waals surface area contributed by atoms with Gasteiger partial charge in [-0.3, -0.25) is 0 Å². The minimum Gasteiger partial charge on any atom is -0.481 e. The van der Waals surface area contributed by atoms with Crippen molar-refractivity contribution in [3.63, 3.8) is 0 Å². The van der Waals surface area contributed by atoms with Crippen LogP contribution in [-0.4, -0.2) is 27.7 Å². The molecule has 5 aromatic rings. The summed E-state index contributed by atoms with van der Waals surface area (Å²) in [5.74, 6) is -1.26. The molecule has 0 unspecified atom stereocenters. The molecule has 3 aromatic heterocycles. The van der Waals surface area contributed by atoms with E-state index in [0.717, 1.165) is 5.39 Å². The largest absolute Gasteiger partial charge is 0.481 e. The molecule has 0 saturated heterocycles. The maximum Gasteiger partial charge on any atom is 0.353 e. The molecular formula is C24H17FN2O4. The Balaban J connectivity index is 1.93. The molecule has 7 heteroatoms. The van der Waals surface area contributed by atoms with Crippen molar-refractivity contribution in [2.75, 3.05) is 7.11 Å². The van der Waals surface area contributed by atoms with Crippen molar-refractivity contribution >= 4 is 27.8 Å². The molecule has 0 aliphatic carbocycles. The zero-order valence-electron chi connectivity index (χ0n) is 16.5. The van der Waals surface area contributed by atoms with Gasteiger partial charge in [-0.25, -0.2) is 14.2 Å². The number of methoxy groups -OCH3 is 1. The Bertz CT molecular complexity index is 1450. The Morgan fingerprint density at radius 1 is 1.16 bits per heavy atom. The van der Waals surface area contributed by atoms with E-state index in [4.69, 9.17) is 9.15 Å². The lowest BCUT2D eigenvalue weighted by Gasteiger charge is -2.11. The Morgan fingerprint density at radius 3 is 2.77 bits per heavy atom. The highest BCUT2D eigenvalue weighted by Crippen LogP contribution is 2.42. The normalized spacial score (nSPS) is 11.3. The van der Waals surface area contributed by atoms with Gasteiger partial charge in [0.1, 0.15) is 17.1 Å². The number of halogens is 1. The van der Waals surface area contributed by atoms with Gasteiger partial charge in [0.05, 0.1) is 30.8 Å². The number of furan rings is 1. The highest BCUT2D eigenvalue weighted by atomic mass is 19.1. The van der Waals surface area contributed by atoms with E-state index < -0.39 is 11.8 Å². The number of benzene rings is 2. The van der Waals surface area contributed by atoms with Gasteiger partial charge in [-0.1, -0.05) is 18.2 Å². The van der Waals surface area contributed by atoms with Crippen molar-refractivity contribution < 1.29 is 23.4 Å². The molecule has 6 nitrogen and oxygen atoms in total. The first kappa shape index (κ1) is 18.9. The molecule has 0 atom stereocenters. The number of nitrogens with zero attached hydrogens (tertiary/aromatic N) is 2. The maximum atomic E-state index is 14.5. The summed E-state index contributed by atoms with van der Waals surface area (Å²) in [4.78, 5) is 16.8. The molecule has 5 rings (SSSR count). The topological polar surface area (TPSA) is 77.5 Å². The molecule has 0 bridgehead atoms. The number of aromatic carboxylic acids is 1. The smallest absolute Gasteiger partial charge is 0.353 e. The molecule has 0 amide bonds. The van der Waals surface area contributed by atoms with E-state index in [2.05, 4.69) is 4.98 Å². The Kier molecular flexibility index (Phi) is 4.43. The SMILES string of the molecule is COc1ncccc1-c1c(C(=O)O)n(Cc2ccccc2F)c2ccc3ccoc3c12. The fraction of sp³-hybridized carbons (Fsp3) is 0.0833. The fourth-order valence-electron chi connectivity index (χ4n) is 4.05. The van der Waals surface area contributed by atoms with Gasteiger partial charge in [0.15, 0.2) is 0 Å². The second kappa shape index (κ2) is 7.28. The van der Waals surface area contributed by atoms with Crippen molar-refractivity contribution in [1.29, 1.82) is 0 Å². The van der Waals surface area contributed by atoms with Crippen LogP contribution in [0, 0.1) is 5.82 Å². The van der Waals surface area contributed by atoms with E-state index >= 15 is 0 Å². The lowest BCUT2D eigenvalue weighted by molar-refractivity contribution is 0.0687. The van der Waals surface area contributed by atoms with Gasteiger partial charge in [-0.15, -0.1) is 0 Å². The van der Waals surface area contributed by atoms with Gasteiger partial charge in [-0.05, 0) is 36.4 Å². The van der Waals surface area contributed by atoms with Crippen molar-refractivity contribution in [3.05, 3.63) is 84.1 Å². The maximum absolute atomic E-state index is 14.5. The third-order valence-electron chi connectivity index (χ3n) is 5.37. The number of carboxylic acid groups (broad SMARTS) is 1. The summed E-state index contributed by atoms with van der Waals surface area (Å²) in [7, 11) is 1.48. The summed E-state index contributed by atoms with van der Waals surface area (Å²) < 4.78 is 27.2. The van der Waals surface area contributed by atoms with Crippen LogP contribution in [0.15, 0.2) is 71.5 Å². The zero-order chi connectivity index (χ0) is 21.5. The van der Waals surface area contributed by atoms with Crippen LogP contribution in [0.2, 0.25) is 0 Å². The number of hydrogen-bond donors (Lipinski definition) is 1. The van der Waals surface area contributed by atoms with Crippen molar-refractivity contribution in [2.45, 2.75) is 6.54 Å². The van der Waals surface area contributed by atoms with Crippen LogP contribution in [0.25, 0.3) is 33.0 Å². The van der Waals surface area contributed by atoms with Crippen LogP contribution < -0.4 is 4.74 Å². The molecule has 31 heavy (non-hydrogen) atoms. The summed E-state index contributed by atoms with van der Waals surface area (Å²) >= 11 is 0. The number of fused-ring (bicyclic) bond motifs is 3. The summed E-state index contributed by atoms with van der Waals surface area (Å²) in [6.45, 7) is 0.0413. The predicted molar refractivity (Wildman–Crippen MR) is 114 cm³/mol. The monoisotopic (exact) mass is 416 g/mol. The van der Waals surface area contributed by atoms with Crippen molar-refractivity contribution in [1.82, 2.24) is 9.55 Å². The van der Waals surface area contributed by atoms with Crippen molar-refractivity contribution in [3.8, 4) is 17.0 Å². The molecule has 3 heterocycles. The van der Waals surface area contributed by atoms with Crippen LogP contribution >= 0.6 is 0 Å². The minimum atomic E-state index is -1.15. The van der Waals surface area contributed by atoms with Gasteiger partial charge in [0.25, 0.3) is 0 Å². The van der Waals surface area contributed by atoms with E-state index in [-0.39, 0.29) is 12.2 Å². The Morgan fingerprint density at radius 2 is 2.00 bits per heavy atom. The predicted octanol–water partition coefficient (Wildman–Crippen LogP) is 5.34. The highest BCUT2D eigenvalue weighted by Gasteiger charge is 2.28. The highest BCUT2D eigenvalue weighted by molar-refractivity contribution is 6.17. The third-order valence-corrected chi connectivity index (χ3v) is 5.37. The second-order valence-electron chi connectivity index (χ2n) is 7.07. The van der Waals surface area contributed by atoms with Crippen LogP contribution in [0.4, 0.5) is 4.39 Å². The molecule has 154 valence electrons. The Labute approximate surface area is 176 Å². The number of rotatable bonds is 5. The average molecular weight is 416 g/mol. The molecular weight excluding hydrogens is 399 g/mol. The molecule has 1 N–H and O–H groups in total. The number of ether oxygens (including phenoxy) is 1. The molecule has 0 radical (unpaired) electrons. The molecule has 2 aromatic carbocycles. The van der Waals surface area contributed by atoms with Crippen LogP contribution in [0.3, 0.4) is 0 Å². The van der Waals surface area contributed by atoms with Gasteiger partial charge in [-0.2, -0.15) is 0 Å². The summed E-state index contributed by atoms with van der Waals surface area (Å²) in [5.41, 5.74) is 2.49. The van der Waals surface area contributed by atoms with E-state index in [1.54, 1.807) is 47.4 Å². The lowest BCUT2D eigenvalue weighted by Crippen LogP contribution is -2.11. The first-order valence-electron chi connectivity index (χ1n) is 9.58. The number of pyridine rings is 1. The van der Waals surface area contributed by atoms with Crippen molar-refractivity contribution in [2.24, 2.45) is 0 Å². The second-order valence-corrected chi connectivity index (χ2v) is 7.07. The quantitative estimate of drug-likeness (QED) is 0.418. The number of aromatic nitrogens is 2. The molecule has 0 fully saturated rings. The molecule has 0 aliphatic heterocycles. The molecule has 0 saturated carbocycles. The summed E-state index contributed by atoms with van der Waals surface area (Å²) in [6.07, 6.45) is 3.13. The first-order chi connectivity index (χ1) is 15.1. The average Bonchev–Trinajstić information content (AvgIpc) is 3.37. The zero-order valence-corrected chi connectivity index (χ0v) is 16.5. The Hall–Kier alpha value is -4.13. The van der Waals surface area contributed by atoms with Gasteiger partial charge in [0.2, 0.25) is 5.88 Å². The van der Waals surface area contributed by atoms with E-state index in [1.165, 1.54) is 13.2 Å². The van der Waals surface area contributed by atoms with E-state index in [1.807, 2.05) is 18.2 Å². The summed E-state index contributed by atoms with van der Waals surface area (Å²) in [6, 6.07) is 15.3. The fourth-order valence-corrected chi connectivity index (χ4v) is 4.05.